The second-order valence-corrected chi connectivity index (χ2v) is 6.39. The molecule has 0 fully saturated rings. The number of ether oxygens (including phenoxy) is 4. The highest BCUT2D eigenvalue weighted by Gasteiger charge is 2.36. The Morgan fingerprint density at radius 1 is 1.03 bits per heavy atom. The Morgan fingerprint density at radius 3 is 2.24 bits per heavy atom. The molecule has 0 aromatic carbocycles. The highest BCUT2D eigenvalue weighted by Crippen LogP contribution is 2.23. The Hall–Kier alpha value is -2.05. The van der Waals surface area contributed by atoms with E-state index in [-0.39, 0.29) is 37.2 Å². The summed E-state index contributed by atoms with van der Waals surface area (Å²) >= 11 is 0. The number of carbonyl (C=O) groups excluding carboxylic acids is 2. The monoisotopic (exact) mass is 414 g/mol. The first-order chi connectivity index (χ1) is 14.0. The summed E-state index contributed by atoms with van der Waals surface area (Å²) in [5.41, 5.74) is 0.241. The molecule has 1 unspecified atom stereocenters. The molecule has 1 aromatic rings. The standard InChI is InChI=1S/C18H30N4O7/c1-4-26-5-6-27-7-8-28-9-10-29-12-15(24)22-11-14(23)21(3)17-16(18(22)25)20(2)13-19-17/h13,15,24H,4-12H2,1-3H3. The molecule has 0 saturated heterocycles. The van der Waals surface area contributed by atoms with Crippen LogP contribution in [0.15, 0.2) is 6.33 Å². The van der Waals surface area contributed by atoms with Crippen molar-refractivity contribution in [3.05, 3.63) is 12.0 Å². The summed E-state index contributed by atoms with van der Waals surface area (Å²) in [4.78, 5) is 31.6. The molecule has 11 nitrogen and oxygen atoms in total. The van der Waals surface area contributed by atoms with Crippen molar-refractivity contribution in [2.24, 2.45) is 7.05 Å². The Kier molecular flexibility index (Phi) is 9.48. The molecule has 164 valence electrons. The summed E-state index contributed by atoms with van der Waals surface area (Å²) in [7, 11) is 3.21. The number of likely N-dealkylation sites (N-methyl/N-ethyl adjacent to an activating group) is 1. The summed E-state index contributed by atoms with van der Waals surface area (Å²) in [5, 5.41) is 10.4. The van der Waals surface area contributed by atoms with Gasteiger partial charge >= 0.3 is 0 Å². The van der Waals surface area contributed by atoms with Crippen LogP contribution < -0.4 is 4.90 Å². The third-order valence-corrected chi connectivity index (χ3v) is 4.33. The lowest BCUT2D eigenvalue weighted by Crippen LogP contribution is -2.46. The van der Waals surface area contributed by atoms with Gasteiger partial charge in [0.05, 0.1) is 52.6 Å². The van der Waals surface area contributed by atoms with E-state index in [9.17, 15) is 14.7 Å². The summed E-state index contributed by atoms with van der Waals surface area (Å²) in [6.45, 7) is 4.73. The molecule has 1 aliphatic heterocycles. The van der Waals surface area contributed by atoms with Gasteiger partial charge in [0.1, 0.15) is 6.54 Å². The minimum atomic E-state index is -1.26. The molecule has 2 rings (SSSR count). The first-order valence-corrected chi connectivity index (χ1v) is 9.55. The summed E-state index contributed by atoms with van der Waals surface area (Å²) in [5.74, 6) is -0.549. The predicted molar refractivity (Wildman–Crippen MR) is 103 cm³/mol. The van der Waals surface area contributed by atoms with E-state index < -0.39 is 12.1 Å². The van der Waals surface area contributed by atoms with Crippen molar-refractivity contribution >= 4 is 17.6 Å². The molecule has 1 aromatic heterocycles. The van der Waals surface area contributed by atoms with E-state index in [1.54, 1.807) is 14.1 Å². The molecule has 1 N–H and O–H groups in total. The van der Waals surface area contributed by atoms with Crippen LogP contribution in [0.4, 0.5) is 5.82 Å². The maximum Gasteiger partial charge on any atom is 0.276 e. The van der Waals surface area contributed by atoms with Crippen LogP contribution in [0, 0.1) is 0 Å². The van der Waals surface area contributed by atoms with Crippen LogP contribution in [0.3, 0.4) is 0 Å². The molecule has 0 radical (unpaired) electrons. The molecular weight excluding hydrogens is 384 g/mol. The highest BCUT2D eigenvalue weighted by atomic mass is 16.6. The van der Waals surface area contributed by atoms with E-state index in [1.165, 1.54) is 15.8 Å². The molecule has 0 bridgehead atoms. The summed E-state index contributed by atoms with van der Waals surface area (Å²) < 4.78 is 22.7. The second-order valence-electron chi connectivity index (χ2n) is 6.39. The van der Waals surface area contributed by atoms with Crippen molar-refractivity contribution in [2.45, 2.75) is 13.2 Å². The first-order valence-electron chi connectivity index (χ1n) is 9.55. The molecule has 0 spiro atoms. The van der Waals surface area contributed by atoms with Crippen molar-refractivity contribution in [2.75, 3.05) is 71.3 Å². The van der Waals surface area contributed by atoms with Gasteiger partial charge in [0.15, 0.2) is 17.7 Å². The number of amides is 2. The quantitative estimate of drug-likeness (QED) is 0.419. The molecular formula is C18H30N4O7. The zero-order valence-corrected chi connectivity index (χ0v) is 17.2. The van der Waals surface area contributed by atoms with E-state index in [4.69, 9.17) is 18.9 Å². The smallest absolute Gasteiger partial charge is 0.276 e. The molecule has 0 saturated carbocycles. The maximum absolute atomic E-state index is 12.8. The zero-order valence-electron chi connectivity index (χ0n) is 17.2. The fourth-order valence-corrected chi connectivity index (χ4v) is 2.71. The molecule has 2 heterocycles. The number of carbonyl (C=O) groups is 2. The number of anilines is 1. The van der Waals surface area contributed by atoms with Crippen molar-refractivity contribution < 1.29 is 33.6 Å². The Labute approximate surface area is 170 Å². The molecule has 0 aliphatic carbocycles. The van der Waals surface area contributed by atoms with Crippen LogP contribution in [0.1, 0.15) is 17.4 Å². The SMILES string of the molecule is CCOCCOCCOCCOCC(O)N1CC(=O)N(C)c2ncn(C)c2C1=O. The molecule has 29 heavy (non-hydrogen) atoms. The molecule has 11 heteroatoms. The largest absolute Gasteiger partial charge is 0.379 e. The number of imidazole rings is 1. The maximum atomic E-state index is 12.8. The van der Waals surface area contributed by atoms with Crippen LogP contribution in [0.2, 0.25) is 0 Å². The van der Waals surface area contributed by atoms with E-state index in [0.717, 1.165) is 4.90 Å². The van der Waals surface area contributed by atoms with E-state index in [1.807, 2.05) is 6.92 Å². The highest BCUT2D eigenvalue weighted by molar-refractivity contribution is 6.07. The zero-order chi connectivity index (χ0) is 21.2. The van der Waals surface area contributed by atoms with Crippen molar-refractivity contribution in [3.63, 3.8) is 0 Å². The molecule has 1 aliphatic rings. The van der Waals surface area contributed by atoms with Gasteiger partial charge in [-0.2, -0.15) is 0 Å². The van der Waals surface area contributed by atoms with Crippen LogP contribution in [-0.4, -0.2) is 104 Å². The van der Waals surface area contributed by atoms with Crippen LogP contribution in [-0.2, 0) is 30.8 Å². The fourth-order valence-electron chi connectivity index (χ4n) is 2.71. The van der Waals surface area contributed by atoms with Crippen LogP contribution in [0.5, 0.6) is 0 Å². The van der Waals surface area contributed by atoms with Crippen molar-refractivity contribution in [1.29, 1.82) is 0 Å². The Morgan fingerprint density at radius 2 is 1.62 bits per heavy atom. The number of aliphatic hydroxyl groups excluding tert-OH is 1. The topological polar surface area (TPSA) is 116 Å². The van der Waals surface area contributed by atoms with Gasteiger partial charge in [-0.05, 0) is 6.92 Å². The van der Waals surface area contributed by atoms with Crippen molar-refractivity contribution in [1.82, 2.24) is 14.5 Å². The second kappa shape index (κ2) is 11.8. The van der Waals surface area contributed by atoms with Gasteiger partial charge in [0.25, 0.3) is 5.91 Å². The average Bonchev–Trinajstić information content (AvgIpc) is 3.06. The number of rotatable bonds is 13. The van der Waals surface area contributed by atoms with Crippen LogP contribution in [0.25, 0.3) is 0 Å². The Balaban J connectivity index is 1.70. The van der Waals surface area contributed by atoms with Crippen molar-refractivity contribution in [3.8, 4) is 0 Å². The number of aliphatic hydroxyl groups is 1. The number of fused-ring (bicyclic) bond motifs is 1. The predicted octanol–water partition coefficient (Wildman–Crippen LogP) is -0.757. The van der Waals surface area contributed by atoms with Gasteiger partial charge in [0, 0.05) is 20.7 Å². The Bertz CT molecular complexity index is 667. The van der Waals surface area contributed by atoms with Gasteiger partial charge in [0.2, 0.25) is 5.91 Å². The van der Waals surface area contributed by atoms with Gasteiger partial charge in [-0.25, -0.2) is 4.98 Å². The number of aromatic nitrogens is 2. The third kappa shape index (κ3) is 6.47. The van der Waals surface area contributed by atoms with Gasteiger partial charge in [-0.1, -0.05) is 0 Å². The van der Waals surface area contributed by atoms with E-state index in [2.05, 4.69) is 4.98 Å². The molecule has 1 atom stereocenters. The normalized spacial score (nSPS) is 15.6. The number of nitrogens with zero attached hydrogens (tertiary/aromatic N) is 4. The number of hydrogen-bond acceptors (Lipinski definition) is 8. The van der Waals surface area contributed by atoms with Gasteiger partial charge in [-0.3, -0.25) is 14.5 Å². The minimum absolute atomic E-state index is 0.135. The molecule has 2 amide bonds. The van der Waals surface area contributed by atoms with E-state index >= 15 is 0 Å². The fraction of sp³-hybridized carbons (Fsp3) is 0.722. The number of aryl methyl sites for hydroxylation is 1. The summed E-state index contributed by atoms with van der Waals surface area (Å²) in [6, 6.07) is 0. The lowest BCUT2D eigenvalue weighted by Gasteiger charge is -2.26. The third-order valence-electron chi connectivity index (χ3n) is 4.33. The average molecular weight is 414 g/mol. The van der Waals surface area contributed by atoms with E-state index in [0.29, 0.717) is 39.6 Å². The minimum Gasteiger partial charge on any atom is -0.379 e. The lowest BCUT2D eigenvalue weighted by atomic mass is 10.3. The number of hydrogen-bond donors (Lipinski definition) is 1. The lowest BCUT2D eigenvalue weighted by molar-refractivity contribution is -0.122. The van der Waals surface area contributed by atoms with Gasteiger partial charge < -0.3 is 33.5 Å². The van der Waals surface area contributed by atoms with Crippen LogP contribution >= 0.6 is 0 Å². The first kappa shape index (κ1) is 23.2. The van der Waals surface area contributed by atoms with Gasteiger partial charge in [-0.15, -0.1) is 0 Å². The summed E-state index contributed by atoms with van der Waals surface area (Å²) in [6.07, 6.45) is 0.193.